The van der Waals surface area contributed by atoms with E-state index in [1.165, 1.54) is 77.2 Å². The van der Waals surface area contributed by atoms with Gasteiger partial charge in [-0.05, 0) is 53.5 Å². The van der Waals surface area contributed by atoms with Crippen LogP contribution >= 0.6 is 0 Å². The predicted molar refractivity (Wildman–Crippen MR) is 103 cm³/mol. The lowest BCUT2D eigenvalue weighted by molar-refractivity contribution is 0.00963. The molecular weight excluding hydrogens is 266 g/mol. The Morgan fingerprint density at radius 2 is 0.909 bits per heavy atom. The Hall–Kier alpha value is -0.0400. The summed E-state index contributed by atoms with van der Waals surface area (Å²) in [6, 6.07) is 0. The molecule has 0 bridgehead atoms. The summed E-state index contributed by atoms with van der Waals surface area (Å²) in [4.78, 5) is 2.77. The molecule has 134 valence electrons. The van der Waals surface area contributed by atoms with Crippen LogP contribution in [0.25, 0.3) is 0 Å². The fourth-order valence-electron chi connectivity index (χ4n) is 3.39. The Morgan fingerprint density at radius 1 is 0.545 bits per heavy atom. The van der Waals surface area contributed by atoms with Crippen LogP contribution in [0.1, 0.15) is 119 Å². The molecule has 0 fully saturated rings. The summed E-state index contributed by atoms with van der Waals surface area (Å²) in [5.74, 6) is 0. The number of hydrogen-bond donors (Lipinski definition) is 0. The van der Waals surface area contributed by atoms with E-state index in [2.05, 4.69) is 53.4 Å². The van der Waals surface area contributed by atoms with E-state index in [-0.39, 0.29) is 0 Å². The molecule has 0 unspecified atom stereocenters. The average molecular weight is 312 g/mol. The zero-order valence-electron chi connectivity index (χ0n) is 16.9. The topological polar surface area (TPSA) is 3.24 Å². The molecule has 0 rings (SSSR count). The highest BCUT2D eigenvalue weighted by molar-refractivity contribution is 4.90. The molecule has 0 saturated carbocycles. The Balaban J connectivity index is 4.01. The highest BCUT2D eigenvalue weighted by Gasteiger charge is 2.34. The summed E-state index contributed by atoms with van der Waals surface area (Å²) in [7, 11) is 0. The van der Waals surface area contributed by atoms with Gasteiger partial charge in [-0.2, -0.15) is 0 Å². The van der Waals surface area contributed by atoms with E-state index in [4.69, 9.17) is 0 Å². The minimum absolute atomic E-state index is 0.319. The van der Waals surface area contributed by atoms with E-state index < -0.39 is 0 Å². The average Bonchev–Trinajstić information content (AvgIpc) is 2.48. The summed E-state index contributed by atoms with van der Waals surface area (Å²) in [6.45, 7) is 17.9. The van der Waals surface area contributed by atoms with Gasteiger partial charge < -0.3 is 0 Å². The van der Waals surface area contributed by atoms with Gasteiger partial charge in [-0.25, -0.2) is 0 Å². The summed E-state index contributed by atoms with van der Waals surface area (Å²) < 4.78 is 0. The summed E-state index contributed by atoms with van der Waals surface area (Å²) in [5, 5.41) is 0. The highest BCUT2D eigenvalue weighted by atomic mass is 15.2. The third-order valence-electron chi connectivity index (χ3n) is 5.68. The molecule has 0 N–H and O–H groups in total. The van der Waals surface area contributed by atoms with Crippen molar-refractivity contribution in [2.24, 2.45) is 0 Å². The molecule has 0 aromatic carbocycles. The maximum absolute atomic E-state index is 2.77. The first-order chi connectivity index (χ1) is 10.3. The minimum Gasteiger partial charge on any atom is -0.293 e. The van der Waals surface area contributed by atoms with Crippen molar-refractivity contribution in [3.8, 4) is 0 Å². The first-order valence-corrected chi connectivity index (χ1v) is 10.1. The van der Waals surface area contributed by atoms with Crippen LogP contribution < -0.4 is 0 Å². The lowest BCUT2D eigenvalue weighted by Crippen LogP contribution is -2.55. The quantitative estimate of drug-likeness (QED) is 0.307. The van der Waals surface area contributed by atoms with Crippen molar-refractivity contribution in [2.75, 3.05) is 6.54 Å². The van der Waals surface area contributed by atoms with Crippen LogP contribution in [0.15, 0.2) is 0 Å². The van der Waals surface area contributed by atoms with Gasteiger partial charge in [-0.15, -0.1) is 0 Å². The number of rotatable bonds is 14. The zero-order chi connectivity index (χ0) is 17.1. The van der Waals surface area contributed by atoms with Crippen LogP contribution in [0.5, 0.6) is 0 Å². The van der Waals surface area contributed by atoms with Gasteiger partial charge in [-0.3, -0.25) is 4.90 Å². The second-order valence-electron chi connectivity index (χ2n) is 8.31. The van der Waals surface area contributed by atoms with Crippen LogP contribution in [0.4, 0.5) is 0 Å². The van der Waals surface area contributed by atoms with Gasteiger partial charge in [0.05, 0.1) is 0 Å². The molecule has 0 aliphatic carbocycles. The third-order valence-corrected chi connectivity index (χ3v) is 5.68. The molecule has 0 aliphatic rings. The number of unbranched alkanes of at least 4 members (excludes halogenated alkanes) is 8. The molecule has 1 heteroatoms. The third kappa shape index (κ3) is 8.56. The van der Waals surface area contributed by atoms with E-state index in [0.29, 0.717) is 11.1 Å². The van der Waals surface area contributed by atoms with Gasteiger partial charge in [-0.1, -0.05) is 72.1 Å². The lowest BCUT2D eigenvalue weighted by atomic mass is 9.88. The molecule has 0 spiro atoms. The van der Waals surface area contributed by atoms with Crippen LogP contribution in [-0.4, -0.2) is 22.5 Å². The molecule has 0 aromatic heterocycles. The fraction of sp³-hybridized carbons (Fsp3) is 1.00. The largest absolute Gasteiger partial charge is 0.293 e. The minimum atomic E-state index is 0.319. The van der Waals surface area contributed by atoms with Crippen LogP contribution in [0.3, 0.4) is 0 Å². The van der Waals surface area contributed by atoms with Crippen molar-refractivity contribution in [3.63, 3.8) is 0 Å². The van der Waals surface area contributed by atoms with Gasteiger partial charge in [0, 0.05) is 11.1 Å². The van der Waals surface area contributed by atoms with Gasteiger partial charge >= 0.3 is 0 Å². The smallest absolute Gasteiger partial charge is 0.0155 e. The monoisotopic (exact) mass is 311 g/mol. The maximum Gasteiger partial charge on any atom is 0.0155 e. The standard InChI is InChI=1S/C21H45N/c1-8-11-12-13-14-15-16-17-18-19-22(20(4,5)9-2)21(6,7)10-3/h8-19H2,1-7H3. The van der Waals surface area contributed by atoms with E-state index >= 15 is 0 Å². The van der Waals surface area contributed by atoms with Crippen molar-refractivity contribution < 1.29 is 0 Å². The number of hydrogen-bond acceptors (Lipinski definition) is 1. The second kappa shape index (κ2) is 11.5. The van der Waals surface area contributed by atoms with Gasteiger partial charge in [0.15, 0.2) is 0 Å². The molecule has 0 saturated heterocycles. The molecule has 0 aromatic rings. The van der Waals surface area contributed by atoms with Crippen LogP contribution in [0.2, 0.25) is 0 Å². The Bertz CT molecular complexity index is 239. The van der Waals surface area contributed by atoms with Gasteiger partial charge in [0.1, 0.15) is 0 Å². The summed E-state index contributed by atoms with van der Waals surface area (Å²) >= 11 is 0. The van der Waals surface area contributed by atoms with E-state index in [0.717, 1.165) is 0 Å². The Morgan fingerprint density at radius 3 is 1.27 bits per heavy atom. The molecule has 0 aliphatic heterocycles. The first-order valence-electron chi connectivity index (χ1n) is 10.1. The normalized spacial score (nSPS) is 13.1. The second-order valence-corrected chi connectivity index (χ2v) is 8.31. The molecule has 0 atom stereocenters. The molecule has 22 heavy (non-hydrogen) atoms. The lowest BCUT2D eigenvalue weighted by Gasteiger charge is -2.48. The van der Waals surface area contributed by atoms with Crippen LogP contribution in [-0.2, 0) is 0 Å². The SMILES string of the molecule is CCCCCCCCCCCN(C(C)(C)CC)C(C)(C)CC. The van der Waals surface area contributed by atoms with Crippen molar-refractivity contribution in [1.29, 1.82) is 0 Å². The van der Waals surface area contributed by atoms with Crippen molar-refractivity contribution >= 4 is 0 Å². The van der Waals surface area contributed by atoms with E-state index in [9.17, 15) is 0 Å². The first kappa shape index (κ1) is 22.0. The molecule has 0 radical (unpaired) electrons. The maximum atomic E-state index is 2.77. The van der Waals surface area contributed by atoms with E-state index in [1.54, 1.807) is 0 Å². The van der Waals surface area contributed by atoms with Gasteiger partial charge in [0.25, 0.3) is 0 Å². The van der Waals surface area contributed by atoms with Crippen molar-refractivity contribution in [3.05, 3.63) is 0 Å². The van der Waals surface area contributed by atoms with Gasteiger partial charge in [0.2, 0.25) is 0 Å². The Kier molecular flexibility index (Phi) is 11.5. The molecule has 0 amide bonds. The summed E-state index contributed by atoms with van der Waals surface area (Å²) in [6.07, 6.45) is 15.2. The van der Waals surface area contributed by atoms with Crippen LogP contribution in [0, 0.1) is 0 Å². The number of nitrogens with zero attached hydrogens (tertiary/aromatic N) is 1. The van der Waals surface area contributed by atoms with Crippen molar-refractivity contribution in [2.45, 2.75) is 130 Å². The predicted octanol–water partition coefficient (Wildman–Crippen LogP) is 7.20. The molecular formula is C21H45N. The Labute approximate surface area is 142 Å². The zero-order valence-corrected chi connectivity index (χ0v) is 16.9. The van der Waals surface area contributed by atoms with E-state index in [1.807, 2.05) is 0 Å². The molecule has 0 heterocycles. The fourth-order valence-corrected chi connectivity index (χ4v) is 3.39. The summed E-state index contributed by atoms with van der Waals surface area (Å²) in [5.41, 5.74) is 0.638. The molecule has 1 nitrogen and oxygen atoms in total. The highest BCUT2D eigenvalue weighted by Crippen LogP contribution is 2.30. The van der Waals surface area contributed by atoms with Crippen molar-refractivity contribution in [1.82, 2.24) is 4.90 Å².